The van der Waals surface area contributed by atoms with Gasteiger partial charge >= 0.3 is 5.97 Å². The second-order valence-electron chi connectivity index (χ2n) is 3.15. The highest BCUT2D eigenvalue weighted by atomic mass is 35.5. The van der Waals surface area contributed by atoms with Crippen LogP contribution in [0.4, 0.5) is 0 Å². The molecule has 0 aliphatic rings. The first-order valence-electron chi connectivity index (χ1n) is 4.87. The van der Waals surface area contributed by atoms with Crippen LogP contribution in [0.15, 0.2) is 18.2 Å². The summed E-state index contributed by atoms with van der Waals surface area (Å²) in [4.78, 5) is 11.6. The van der Waals surface area contributed by atoms with Crippen molar-refractivity contribution in [1.29, 1.82) is 0 Å². The van der Waals surface area contributed by atoms with E-state index in [-0.39, 0.29) is 0 Å². The van der Waals surface area contributed by atoms with Crippen molar-refractivity contribution in [3.63, 3.8) is 0 Å². The van der Waals surface area contributed by atoms with Crippen LogP contribution in [0.3, 0.4) is 0 Å². The maximum atomic E-state index is 11.6. The molecule has 0 spiro atoms. The number of benzene rings is 1. The van der Waals surface area contributed by atoms with Crippen LogP contribution in [-0.2, 0) is 9.53 Å². The van der Waals surface area contributed by atoms with Gasteiger partial charge in [0.15, 0.2) is 0 Å². The third-order valence-electron chi connectivity index (χ3n) is 2.13. The Labute approximate surface area is 105 Å². The summed E-state index contributed by atoms with van der Waals surface area (Å²) in [6, 6.07) is 4.48. The lowest BCUT2D eigenvalue weighted by Crippen LogP contribution is -2.29. The van der Waals surface area contributed by atoms with E-state index in [9.17, 15) is 4.79 Å². The molecule has 1 unspecified atom stereocenters. The average molecular weight is 262 g/mol. The normalized spacial score (nSPS) is 12.2. The fraction of sp³-hybridized carbons (Fsp3) is 0.364. The van der Waals surface area contributed by atoms with Crippen molar-refractivity contribution in [3.05, 3.63) is 33.8 Å². The quantitative estimate of drug-likeness (QED) is 0.848. The van der Waals surface area contributed by atoms with Gasteiger partial charge in [-0.15, -0.1) is 0 Å². The fourth-order valence-corrected chi connectivity index (χ4v) is 2.03. The molecule has 0 fully saturated rings. The fourth-order valence-electron chi connectivity index (χ4n) is 1.41. The number of halogens is 2. The Balaban J connectivity index is 3.15. The molecular formula is C11H13Cl2NO2. The molecule has 1 N–H and O–H groups in total. The Kier molecular flexibility index (Phi) is 5.06. The topological polar surface area (TPSA) is 38.3 Å². The summed E-state index contributed by atoms with van der Waals surface area (Å²) < 4.78 is 4.71. The molecule has 0 saturated carbocycles. The lowest BCUT2D eigenvalue weighted by Gasteiger charge is -2.18. The zero-order valence-electron chi connectivity index (χ0n) is 9.09. The van der Waals surface area contributed by atoms with Crippen LogP contribution >= 0.6 is 23.2 Å². The Morgan fingerprint density at radius 3 is 2.44 bits per heavy atom. The number of nitrogens with one attached hydrogen (secondary N) is 1. The Morgan fingerprint density at radius 1 is 1.44 bits per heavy atom. The monoisotopic (exact) mass is 261 g/mol. The molecule has 0 aliphatic carbocycles. The van der Waals surface area contributed by atoms with E-state index in [1.54, 1.807) is 18.2 Å². The number of esters is 1. The number of methoxy groups -OCH3 is 1. The molecule has 0 aliphatic heterocycles. The standard InChI is InChI=1S/C11H13Cl2NO2/c1-3-14-10(11(15)16-2)9-7(12)5-4-6-8(9)13/h4-6,10,14H,3H2,1-2H3. The molecule has 3 nitrogen and oxygen atoms in total. The van der Waals surface area contributed by atoms with E-state index in [0.29, 0.717) is 22.2 Å². The van der Waals surface area contributed by atoms with E-state index in [0.717, 1.165) is 0 Å². The van der Waals surface area contributed by atoms with E-state index in [2.05, 4.69) is 5.32 Å². The van der Waals surface area contributed by atoms with Gasteiger partial charge in [-0.1, -0.05) is 36.2 Å². The van der Waals surface area contributed by atoms with Crippen LogP contribution < -0.4 is 5.32 Å². The molecule has 1 rings (SSSR count). The second kappa shape index (κ2) is 6.09. The highest BCUT2D eigenvalue weighted by Crippen LogP contribution is 2.30. The van der Waals surface area contributed by atoms with Crippen LogP contribution in [-0.4, -0.2) is 19.6 Å². The van der Waals surface area contributed by atoms with Crippen molar-refractivity contribution in [2.24, 2.45) is 0 Å². The lowest BCUT2D eigenvalue weighted by molar-refractivity contribution is -0.143. The highest BCUT2D eigenvalue weighted by molar-refractivity contribution is 6.36. The summed E-state index contributed by atoms with van der Waals surface area (Å²) in [5.74, 6) is -0.406. The number of likely N-dealkylation sites (N-methyl/N-ethyl adjacent to an activating group) is 1. The molecule has 0 aromatic heterocycles. The maximum Gasteiger partial charge on any atom is 0.327 e. The van der Waals surface area contributed by atoms with Gasteiger partial charge in [-0.2, -0.15) is 0 Å². The van der Waals surface area contributed by atoms with E-state index in [1.165, 1.54) is 7.11 Å². The summed E-state index contributed by atoms with van der Waals surface area (Å²) in [5.41, 5.74) is 0.555. The minimum atomic E-state index is -0.629. The average Bonchev–Trinajstić information content (AvgIpc) is 2.26. The van der Waals surface area contributed by atoms with Crippen LogP contribution in [0.5, 0.6) is 0 Å². The van der Waals surface area contributed by atoms with Crippen molar-refractivity contribution in [2.45, 2.75) is 13.0 Å². The summed E-state index contributed by atoms with van der Waals surface area (Å²) in [5, 5.41) is 3.88. The van der Waals surface area contributed by atoms with Gasteiger partial charge in [-0.3, -0.25) is 0 Å². The second-order valence-corrected chi connectivity index (χ2v) is 3.96. The predicted molar refractivity (Wildman–Crippen MR) is 64.9 cm³/mol. The molecule has 1 aromatic carbocycles. The molecular weight excluding hydrogens is 249 g/mol. The van der Waals surface area contributed by atoms with Crippen LogP contribution in [0.25, 0.3) is 0 Å². The molecule has 0 saturated heterocycles. The molecule has 0 radical (unpaired) electrons. The Bertz CT molecular complexity index is 362. The zero-order chi connectivity index (χ0) is 12.1. The number of ether oxygens (including phenoxy) is 1. The molecule has 1 atom stereocenters. The molecule has 1 aromatic rings. The van der Waals surface area contributed by atoms with E-state index in [4.69, 9.17) is 27.9 Å². The molecule has 0 amide bonds. The minimum absolute atomic E-state index is 0.406. The number of carbonyl (C=O) groups excluding carboxylic acids is 1. The summed E-state index contributed by atoms with van der Waals surface area (Å²) in [6.07, 6.45) is 0. The SMILES string of the molecule is CCNC(C(=O)OC)c1c(Cl)cccc1Cl. The molecule has 5 heteroatoms. The molecule has 0 bridgehead atoms. The summed E-state index contributed by atoms with van der Waals surface area (Å²) >= 11 is 12.1. The van der Waals surface area contributed by atoms with Gasteiger partial charge in [-0.05, 0) is 18.7 Å². The van der Waals surface area contributed by atoms with E-state index >= 15 is 0 Å². The molecule has 16 heavy (non-hydrogen) atoms. The third-order valence-corrected chi connectivity index (χ3v) is 2.79. The van der Waals surface area contributed by atoms with E-state index < -0.39 is 12.0 Å². The van der Waals surface area contributed by atoms with Crippen molar-refractivity contribution < 1.29 is 9.53 Å². The summed E-state index contributed by atoms with van der Waals surface area (Å²) in [6.45, 7) is 2.50. The first kappa shape index (κ1) is 13.3. The Morgan fingerprint density at radius 2 is 2.00 bits per heavy atom. The number of hydrogen-bond donors (Lipinski definition) is 1. The van der Waals surface area contributed by atoms with Crippen LogP contribution in [0.1, 0.15) is 18.5 Å². The van der Waals surface area contributed by atoms with Crippen molar-refractivity contribution in [1.82, 2.24) is 5.32 Å². The first-order valence-corrected chi connectivity index (χ1v) is 5.62. The van der Waals surface area contributed by atoms with Gasteiger partial charge in [-0.25, -0.2) is 4.79 Å². The third kappa shape index (κ3) is 2.88. The van der Waals surface area contributed by atoms with Crippen molar-refractivity contribution >= 4 is 29.2 Å². The molecule has 88 valence electrons. The lowest BCUT2D eigenvalue weighted by atomic mass is 10.1. The summed E-state index contributed by atoms with van der Waals surface area (Å²) in [7, 11) is 1.33. The van der Waals surface area contributed by atoms with Gasteiger partial charge in [0.1, 0.15) is 6.04 Å². The van der Waals surface area contributed by atoms with Gasteiger partial charge in [0, 0.05) is 15.6 Å². The Hall–Kier alpha value is -0.770. The van der Waals surface area contributed by atoms with Crippen molar-refractivity contribution in [2.75, 3.05) is 13.7 Å². The van der Waals surface area contributed by atoms with Gasteiger partial charge in [0.2, 0.25) is 0 Å². The van der Waals surface area contributed by atoms with Crippen LogP contribution in [0.2, 0.25) is 10.0 Å². The highest BCUT2D eigenvalue weighted by Gasteiger charge is 2.24. The van der Waals surface area contributed by atoms with Crippen LogP contribution in [0, 0.1) is 0 Å². The van der Waals surface area contributed by atoms with Crippen molar-refractivity contribution in [3.8, 4) is 0 Å². The van der Waals surface area contributed by atoms with Gasteiger partial charge in [0.25, 0.3) is 0 Å². The number of hydrogen-bond acceptors (Lipinski definition) is 3. The number of rotatable bonds is 4. The van der Waals surface area contributed by atoms with Gasteiger partial charge in [0.05, 0.1) is 7.11 Å². The smallest absolute Gasteiger partial charge is 0.327 e. The van der Waals surface area contributed by atoms with E-state index in [1.807, 2.05) is 6.92 Å². The zero-order valence-corrected chi connectivity index (χ0v) is 10.6. The van der Waals surface area contributed by atoms with Gasteiger partial charge < -0.3 is 10.1 Å². The largest absolute Gasteiger partial charge is 0.468 e. The maximum absolute atomic E-state index is 11.6. The molecule has 0 heterocycles. The number of carbonyl (C=O) groups is 1. The minimum Gasteiger partial charge on any atom is -0.468 e. The predicted octanol–water partition coefficient (Wildman–Crippen LogP) is 2.82. The first-order chi connectivity index (χ1) is 7.61.